The first kappa shape index (κ1) is 17.3. The van der Waals surface area contributed by atoms with Gasteiger partial charge >= 0.3 is 0 Å². The van der Waals surface area contributed by atoms with Gasteiger partial charge in [-0.1, -0.05) is 96.5 Å². The van der Waals surface area contributed by atoms with E-state index in [2.05, 4.69) is 78.9 Å². The molecule has 1 aromatic heterocycles. The van der Waals surface area contributed by atoms with Crippen LogP contribution in [0.3, 0.4) is 0 Å². The summed E-state index contributed by atoms with van der Waals surface area (Å²) in [5.74, 6) is 0. The monoisotopic (exact) mass is 404 g/mol. The molecule has 0 aliphatic heterocycles. The highest BCUT2D eigenvalue weighted by Crippen LogP contribution is 2.41. The maximum absolute atomic E-state index is 6.56. The van der Waals surface area contributed by atoms with Gasteiger partial charge in [-0.3, -0.25) is 0 Å². The zero-order chi connectivity index (χ0) is 20.1. The molecule has 1 nitrogen and oxygen atoms in total. The highest BCUT2D eigenvalue weighted by Gasteiger charge is 2.16. The Balaban J connectivity index is 1.63. The molecule has 0 aliphatic rings. The molecule has 6 aromatic rings. The van der Waals surface area contributed by atoms with Crippen LogP contribution in [0.5, 0.6) is 0 Å². The van der Waals surface area contributed by atoms with Crippen LogP contribution in [0.25, 0.3) is 55.0 Å². The van der Waals surface area contributed by atoms with Crippen molar-refractivity contribution in [2.24, 2.45) is 0 Å². The number of benzene rings is 5. The number of rotatable bonds is 2. The van der Waals surface area contributed by atoms with Crippen molar-refractivity contribution in [3.05, 3.63) is 108 Å². The lowest BCUT2D eigenvalue weighted by Gasteiger charge is -2.10. The zero-order valence-electron chi connectivity index (χ0n) is 16.1. The van der Waals surface area contributed by atoms with Crippen molar-refractivity contribution in [3.63, 3.8) is 0 Å². The first-order chi connectivity index (χ1) is 14.8. The summed E-state index contributed by atoms with van der Waals surface area (Å²) in [7, 11) is 0. The van der Waals surface area contributed by atoms with Crippen molar-refractivity contribution in [3.8, 4) is 22.3 Å². The molecule has 2 heteroatoms. The average molecular weight is 405 g/mol. The maximum Gasteiger partial charge on any atom is 0.143 e. The molecule has 0 unspecified atom stereocenters. The molecule has 0 N–H and O–H groups in total. The van der Waals surface area contributed by atoms with Gasteiger partial charge in [0.15, 0.2) is 0 Å². The highest BCUT2D eigenvalue weighted by molar-refractivity contribution is 6.38. The van der Waals surface area contributed by atoms with Crippen LogP contribution in [0.2, 0.25) is 5.02 Å². The summed E-state index contributed by atoms with van der Waals surface area (Å²) in [5.41, 5.74) is 6.49. The van der Waals surface area contributed by atoms with Crippen molar-refractivity contribution in [1.29, 1.82) is 0 Å². The second kappa shape index (κ2) is 6.76. The molecule has 0 saturated carbocycles. The summed E-state index contributed by atoms with van der Waals surface area (Å²) < 4.78 is 6.23. The number of fused-ring (bicyclic) bond motifs is 5. The Morgan fingerprint density at radius 2 is 1.20 bits per heavy atom. The molecule has 1 heterocycles. The molecule has 0 amide bonds. The molecule has 0 spiro atoms. The molecule has 0 radical (unpaired) electrons. The summed E-state index contributed by atoms with van der Waals surface area (Å²) in [6.07, 6.45) is 0. The standard InChI is InChI=1S/C28H17ClO/c29-25-11-6-12-26-27(25)24-17-23(21-9-4-5-10-22(21)28(24)30-26)20-15-13-19(14-16-20)18-7-2-1-3-8-18/h1-17H. The summed E-state index contributed by atoms with van der Waals surface area (Å²) in [6.45, 7) is 0. The van der Waals surface area contributed by atoms with Crippen LogP contribution in [0, 0.1) is 0 Å². The smallest absolute Gasteiger partial charge is 0.143 e. The molecule has 30 heavy (non-hydrogen) atoms. The third kappa shape index (κ3) is 2.63. The maximum atomic E-state index is 6.56. The summed E-state index contributed by atoms with van der Waals surface area (Å²) in [4.78, 5) is 0. The van der Waals surface area contributed by atoms with E-state index in [9.17, 15) is 0 Å². The predicted molar refractivity (Wildman–Crippen MR) is 127 cm³/mol. The SMILES string of the molecule is Clc1cccc2oc3c4ccccc4c(-c4ccc(-c5ccccc5)cc4)cc3c12. The van der Waals surface area contributed by atoms with Crippen molar-refractivity contribution >= 4 is 44.3 Å². The molecule has 6 rings (SSSR count). The van der Waals surface area contributed by atoms with Crippen molar-refractivity contribution < 1.29 is 4.42 Å². The van der Waals surface area contributed by atoms with Gasteiger partial charge in [0, 0.05) is 16.2 Å². The minimum Gasteiger partial charge on any atom is -0.455 e. The normalized spacial score (nSPS) is 11.5. The average Bonchev–Trinajstić information content (AvgIpc) is 3.19. The van der Waals surface area contributed by atoms with Crippen LogP contribution < -0.4 is 0 Å². The van der Waals surface area contributed by atoms with Gasteiger partial charge < -0.3 is 4.42 Å². The lowest BCUT2D eigenvalue weighted by atomic mass is 9.94. The van der Waals surface area contributed by atoms with E-state index >= 15 is 0 Å². The molecule has 5 aromatic carbocycles. The Bertz CT molecular complexity index is 1530. The lowest BCUT2D eigenvalue weighted by Crippen LogP contribution is -1.84. The molecule has 0 bridgehead atoms. The second-order valence-electron chi connectivity index (χ2n) is 7.50. The van der Waals surface area contributed by atoms with Crippen LogP contribution in [0.15, 0.2) is 108 Å². The Labute approximate surface area is 179 Å². The van der Waals surface area contributed by atoms with Crippen LogP contribution >= 0.6 is 11.6 Å². The van der Waals surface area contributed by atoms with E-state index in [-0.39, 0.29) is 0 Å². The van der Waals surface area contributed by atoms with Gasteiger partial charge in [-0.05, 0) is 45.8 Å². The quantitative estimate of drug-likeness (QED) is 0.281. The molecule has 0 atom stereocenters. The van der Waals surface area contributed by atoms with E-state index in [0.717, 1.165) is 27.3 Å². The van der Waals surface area contributed by atoms with Crippen LogP contribution in [0.1, 0.15) is 0 Å². The third-order valence-electron chi connectivity index (χ3n) is 5.75. The van der Waals surface area contributed by atoms with Gasteiger partial charge in [0.05, 0.1) is 5.02 Å². The van der Waals surface area contributed by atoms with Crippen molar-refractivity contribution in [1.82, 2.24) is 0 Å². The van der Waals surface area contributed by atoms with Gasteiger partial charge in [0.25, 0.3) is 0 Å². The number of hydrogen-bond donors (Lipinski definition) is 0. The topological polar surface area (TPSA) is 13.1 Å². The Hall–Kier alpha value is -3.55. The predicted octanol–water partition coefficient (Wildman–Crippen LogP) is 8.73. The van der Waals surface area contributed by atoms with Gasteiger partial charge in [-0.25, -0.2) is 0 Å². The molecular formula is C28H17ClO. The zero-order valence-corrected chi connectivity index (χ0v) is 16.9. The molecule has 0 fully saturated rings. The van der Waals surface area contributed by atoms with Gasteiger partial charge in [0.1, 0.15) is 11.2 Å². The summed E-state index contributed by atoms with van der Waals surface area (Å²) in [5, 5.41) is 5.02. The summed E-state index contributed by atoms with van der Waals surface area (Å²) in [6, 6.07) is 35.7. The molecular weight excluding hydrogens is 388 g/mol. The van der Waals surface area contributed by atoms with Crippen LogP contribution in [-0.4, -0.2) is 0 Å². The van der Waals surface area contributed by atoms with Gasteiger partial charge in [-0.2, -0.15) is 0 Å². The van der Waals surface area contributed by atoms with E-state index in [1.807, 2.05) is 24.3 Å². The second-order valence-corrected chi connectivity index (χ2v) is 7.91. The first-order valence-electron chi connectivity index (χ1n) is 9.98. The highest BCUT2D eigenvalue weighted by atomic mass is 35.5. The van der Waals surface area contributed by atoms with E-state index < -0.39 is 0 Å². The first-order valence-corrected chi connectivity index (χ1v) is 10.4. The largest absolute Gasteiger partial charge is 0.455 e. The van der Waals surface area contributed by atoms with Crippen molar-refractivity contribution in [2.45, 2.75) is 0 Å². The Kier molecular flexibility index (Phi) is 3.90. The van der Waals surface area contributed by atoms with Crippen LogP contribution in [-0.2, 0) is 0 Å². The fourth-order valence-corrected chi connectivity index (χ4v) is 4.58. The number of furan rings is 1. The molecule has 0 aliphatic carbocycles. The summed E-state index contributed by atoms with van der Waals surface area (Å²) >= 11 is 6.56. The lowest BCUT2D eigenvalue weighted by molar-refractivity contribution is 0.672. The minimum absolute atomic E-state index is 0.715. The van der Waals surface area contributed by atoms with E-state index in [1.54, 1.807) is 0 Å². The van der Waals surface area contributed by atoms with Gasteiger partial charge in [0.2, 0.25) is 0 Å². The fourth-order valence-electron chi connectivity index (χ4n) is 4.32. The third-order valence-corrected chi connectivity index (χ3v) is 6.07. The van der Waals surface area contributed by atoms with E-state index in [0.29, 0.717) is 5.02 Å². The number of hydrogen-bond acceptors (Lipinski definition) is 1. The van der Waals surface area contributed by atoms with Gasteiger partial charge in [-0.15, -0.1) is 0 Å². The van der Waals surface area contributed by atoms with E-state index in [1.165, 1.54) is 27.6 Å². The minimum atomic E-state index is 0.715. The number of halogens is 1. The van der Waals surface area contributed by atoms with Crippen LogP contribution in [0.4, 0.5) is 0 Å². The Morgan fingerprint density at radius 3 is 2.00 bits per heavy atom. The van der Waals surface area contributed by atoms with E-state index in [4.69, 9.17) is 16.0 Å². The van der Waals surface area contributed by atoms with Crippen molar-refractivity contribution in [2.75, 3.05) is 0 Å². The molecule has 142 valence electrons. The Morgan fingerprint density at radius 1 is 0.533 bits per heavy atom. The fraction of sp³-hybridized carbons (Fsp3) is 0. The molecule has 0 saturated heterocycles.